The van der Waals surface area contributed by atoms with Crippen LogP contribution in [-0.4, -0.2) is 17.6 Å². The molecule has 0 saturated carbocycles. The van der Waals surface area contributed by atoms with E-state index in [2.05, 4.69) is 11.4 Å². The van der Waals surface area contributed by atoms with Gasteiger partial charge in [-0.2, -0.15) is 0 Å². The van der Waals surface area contributed by atoms with Crippen LogP contribution in [0.25, 0.3) is 0 Å². The summed E-state index contributed by atoms with van der Waals surface area (Å²) < 4.78 is 0. The van der Waals surface area contributed by atoms with Crippen LogP contribution in [0.2, 0.25) is 0 Å². The number of allylic oxidation sites excluding steroid dienone is 2. The lowest BCUT2D eigenvalue weighted by Gasteiger charge is -2.01. The summed E-state index contributed by atoms with van der Waals surface area (Å²) in [5.74, 6) is -0.798. The molecule has 3 heteroatoms. The molecule has 0 aromatic heterocycles. The van der Waals surface area contributed by atoms with E-state index in [4.69, 9.17) is 5.11 Å². The normalized spacial score (nSPS) is 16.6. The molecule has 1 rings (SSSR count). The van der Waals surface area contributed by atoms with Crippen molar-refractivity contribution in [2.24, 2.45) is 0 Å². The molecule has 0 unspecified atom stereocenters. The summed E-state index contributed by atoms with van der Waals surface area (Å²) in [7, 11) is 0. The fourth-order valence-electron chi connectivity index (χ4n) is 1.02. The van der Waals surface area contributed by atoms with Crippen molar-refractivity contribution in [3.8, 4) is 0 Å². The largest absolute Gasteiger partial charge is 0.480 e. The van der Waals surface area contributed by atoms with Gasteiger partial charge in [0.05, 0.1) is 0 Å². The molecule has 0 atom stereocenters. The number of hydrogen-bond acceptors (Lipinski definition) is 2. The standard InChI is InChI=1S/C7H11NO2/c9-7(10)5-8-6-3-1-2-4-6/h3,8H,1-2,4-5H2,(H,9,10). The molecule has 0 heterocycles. The lowest BCUT2D eigenvalue weighted by atomic mass is 10.3. The van der Waals surface area contributed by atoms with Crippen molar-refractivity contribution in [1.82, 2.24) is 5.32 Å². The van der Waals surface area contributed by atoms with Gasteiger partial charge in [-0.05, 0) is 19.3 Å². The molecule has 0 fully saturated rings. The highest BCUT2D eigenvalue weighted by Gasteiger charge is 2.04. The molecule has 0 bridgehead atoms. The Kier molecular flexibility index (Phi) is 2.31. The minimum atomic E-state index is -0.798. The van der Waals surface area contributed by atoms with Crippen LogP contribution in [0.3, 0.4) is 0 Å². The van der Waals surface area contributed by atoms with Crippen LogP contribution in [0.15, 0.2) is 11.8 Å². The number of carboxylic acid groups (broad SMARTS) is 1. The maximum Gasteiger partial charge on any atom is 0.322 e. The van der Waals surface area contributed by atoms with Crippen LogP contribution in [0.4, 0.5) is 0 Å². The molecule has 0 amide bonds. The van der Waals surface area contributed by atoms with E-state index in [0.717, 1.165) is 25.0 Å². The van der Waals surface area contributed by atoms with Crippen LogP contribution < -0.4 is 5.32 Å². The summed E-state index contributed by atoms with van der Waals surface area (Å²) in [6.07, 6.45) is 5.31. The summed E-state index contributed by atoms with van der Waals surface area (Å²) in [5, 5.41) is 11.1. The number of carboxylic acids is 1. The molecule has 1 aliphatic rings. The van der Waals surface area contributed by atoms with Gasteiger partial charge in [0.15, 0.2) is 0 Å². The van der Waals surface area contributed by atoms with Gasteiger partial charge in [-0.15, -0.1) is 0 Å². The fraction of sp³-hybridized carbons (Fsp3) is 0.571. The summed E-state index contributed by atoms with van der Waals surface area (Å²) in [6, 6.07) is 0. The van der Waals surface area contributed by atoms with E-state index in [-0.39, 0.29) is 6.54 Å². The summed E-state index contributed by atoms with van der Waals surface area (Å²) in [6.45, 7) is 0.0475. The van der Waals surface area contributed by atoms with E-state index in [0.29, 0.717) is 0 Å². The lowest BCUT2D eigenvalue weighted by Crippen LogP contribution is -2.20. The zero-order chi connectivity index (χ0) is 7.40. The van der Waals surface area contributed by atoms with E-state index in [1.807, 2.05) is 0 Å². The Morgan fingerprint density at radius 1 is 1.80 bits per heavy atom. The second-order valence-corrected chi connectivity index (χ2v) is 2.37. The monoisotopic (exact) mass is 141 g/mol. The Hall–Kier alpha value is -0.990. The molecule has 0 aliphatic heterocycles. The van der Waals surface area contributed by atoms with Crippen LogP contribution >= 0.6 is 0 Å². The van der Waals surface area contributed by atoms with E-state index in [1.54, 1.807) is 0 Å². The summed E-state index contributed by atoms with van der Waals surface area (Å²) >= 11 is 0. The molecule has 0 saturated heterocycles. The molecule has 10 heavy (non-hydrogen) atoms. The SMILES string of the molecule is O=C(O)CNC1=CCCC1. The molecular formula is C7H11NO2. The maximum atomic E-state index is 10.1. The topological polar surface area (TPSA) is 49.3 Å². The minimum Gasteiger partial charge on any atom is -0.480 e. The molecule has 0 radical (unpaired) electrons. The lowest BCUT2D eigenvalue weighted by molar-refractivity contribution is -0.135. The average molecular weight is 141 g/mol. The molecule has 0 aromatic rings. The van der Waals surface area contributed by atoms with Gasteiger partial charge >= 0.3 is 5.97 Å². The predicted octanol–water partition coefficient (Wildman–Crippen LogP) is 0.728. The van der Waals surface area contributed by atoms with E-state index in [1.165, 1.54) is 0 Å². The van der Waals surface area contributed by atoms with Crippen LogP contribution in [-0.2, 0) is 4.79 Å². The highest BCUT2D eigenvalue weighted by atomic mass is 16.4. The quantitative estimate of drug-likeness (QED) is 0.609. The first kappa shape index (κ1) is 7.12. The molecule has 0 aromatic carbocycles. The van der Waals surface area contributed by atoms with Crippen molar-refractivity contribution in [3.05, 3.63) is 11.8 Å². The first-order chi connectivity index (χ1) is 4.79. The zero-order valence-electron chi connectivity index (χ0n) is 5.76. The van der Waals surface area contributed by atoms with Crippen LogP contribution in [0, 0.1) is 0 Å². The Labute approximate surface area is 59.7 Å². The third-order valence-corrected chi connectivity index (χ3v) is 1.51. The molecule has 56 valence electrons. The first-order valence-corrected chi connectivity index (χ1v) is 3.44. The predicted molar refractivity (Wildman–Crippen MR) is 37.6 cm³/mol. The van der Waals surface area contributed by atoms with Gasteiger partial charge in [0.2, 0.25) is 0 Å². The summed E-state index contributed by atoms with van der Waals surface area (Å²) in [5.41, 5.74) is 1.09. The summed E-state index contributed by atoms with van der Waals surface area (Å²) in [4.78, 5) is 10.1. The second-order valence-electron chi connectivity index (χ2n) is 2.37. The highest BCUT2D eigenvalue weighted by Crippen LogP contribution is 2.13. The van der Waals surface area contributed by atoms with Crippen molar-refractivity contribution in [1.29, 1.82) is 0 Å². The molecule has 0 spiro atoms. The maximum absolute atomic E-state index is 10.1. The van der Waals surface area contributed by atoms with Crippen molar-refractivity contribution < 1.29 is 9.90 Å². The zero-order valence-corrected chi connectivity index (χ0v) is 5.76. The van der Waals surface area contributed by atoms with Gasteiger partial charge in [0.25, 0.3) is 0 Å². The number of aliphatic carboxylic acids is 1. The van der Waals surface area contributed by atoms with Gasteiger partial charge in [-0.3, -0.25) is 4.79 Å². The van der Waals surface area contributed by atoms with Crippen molar-refractivity contribution in [2.75, 3.05) is 6.54 Å². The second kappa shape index (κ2) is 3.25. The third kappa shape index (κ3) is 2.09. The van der Waals surface area contributed by atoms with E-state index in [9.17, 15) is 4.79 Å². The fourth-order valence-corrected chi connectivity index (χ4v) is 1.02. The molecule has 2 N–H and O–H groups in total. The minimum absolute atomic E-state index is 0.0475. The van der Waals surface area contributed by atoms with E-state index < -0.39 is 5.97 Å². The number of rotatable bonds is 3. The average Bonchev–Trinajstić information content (AvgIpc) is 2.34. The Morgan fingerprint density at radius 2 is 2.60 bits per heavy atom. The van der Waals surface area contributed by atoms with Crippen molar-refractivity contribution in [3.63, 3.8) is 0 Å². The molecule has 3 nitrogen and oxygen atoms in total. The van der Waals surface area contributed by atoms with Crippen molar-refractivity contribution >= 4 is 5.97 Å². The molecular weight excluding hydrogens is 130 g/mol. The van der Waals surface area contributed by atoms with Crippen molar-refractivity contribution in [2.45, 2.75) is 19.3 Å². The first-order valence-electron chi connectivity index (χ1n) is 3.44. The van der Waals surface area contributed by atoms with Crippen LogP contribution in [0.1, 0.15) is 19.3 Å². The van der Waals surface area contributed by atoms with Gasteiger partial charge in [-0.1, -0.05) is 6.08 Å². The Morgan fingerprint density at radius 3 is 3.10 bits per heavy atom. The van der Waals surface area contributed by atoms with Crippen LogP contribution in [0.5, 0.6) is 0 Å². The number of carbonyl (C=O) groups is 1. The number of hydrogen-bond donors (Lipinski definition) is 2. The molecule has 1 aliphatic carbocycles. The van der Waals surface area contributed by atoms with Gasteiger partial charge in [-0.25, -0.2) is 0 Å². The highest BCUT2D eigenvalue weighted by molar-refractivity contribution is 5.69. The Balaban J connectivity index is 2.19. The van der Waals surface area contributed by atoms with Gasteiger partial charge in [0.1, 0.15) is 6.54 Å². The van der Waals surface area contributed by atoms with Gasteiger partial charge < -0.3 is 10.4 Å². The Bertz CT molecular complexity index is 163. The number of nitrogens with one attached hydrogen (secondary N) is 1. The van der Waals surface area contributed by atoms with E-state index >= 15 is 0 Å². The van der Waals surface area contributed by atoms with Gasteiger partial charge in [0, 0.05) is 5.70 Å². The third-order valence-electron chi connectivity index (χ3n) is 1.51. The smallest absolute Gasteiger partial charge is 0.322 e.